The Hall–Kier alpha value is -2.92. The molecule has 0 radical (unpaired) electrons. The fourth-order valence-electron chi connectivity index (χ4n) is 3.05. The molecule has 0 unspecified atom stereocenters. The first-order chi connectivity index (χ1) is 13.2. The van der Waals surface area contributed by atoms with Gasteiger partial charge in [0.25, 0.3) is 0 Å². The van der Waals surface area contributed by atoms with Gasteiger partial charge in [0.15, 0.2) is 0 Å². The molecule has 0 spiro atoms. The molecule has 0 saturated carbocycles. The van der Waals surface area contributed by atoms with E-state index >= 15 is 0 Å². The number of benzene rings is 2. The van der Waals surface area contributed by atoms with Crippen LogP contribution in [0.3, 0.4) is 0 Å². The van der Waals surface area contributed by atoms with Crippen molar-refractivity contribution in [3.8, 4) is 0 Å². The summed E-state index contributed by atoms with van der Waals surface area (Å²) in [4.78, 5) is 31.6. The van der Waals surface area contributed by atoms with E-state index in [0.717, 1.165) is 11.1 Å². The quantitative estimate of drug-likeness (QED) is 0.633. The minimum absolute atomic E-state index is 0.0157. The summed E-state index contributed by atoms with van der Waals surface area (Å²) in [6.07, 6.45) is 4.70. The first kappa shape index (κ1) is 18.9. The molecule has 1 N–H and O–H groups in total. The van der Waals surface area contributed by atoms with E-state index in [1.165, 1.54) is 0 Å². The number of hydrogen-bond donors (Lipinski definition) is 1. The number of piperidine rings is 1. The van der Waals surface area contributed by atoms with Crippen molar-refractivity contribution in [2.24, 2.45) is 5.92 Å². The van der Waals surface area contributed by atoms with Gasteiger partial charge >= 0.3 is 0 Å². The number of hydroxylamine groups is 1. The second-order valence-corrected chi connectivity index (χ2v) is 6.58. The van der Waals surface area contributed by atoms with Crippen LogP contribution in [0.4, 0.5) is 0 Å². The minimum Gasteiger partial charge on any atom is -0.339 e. The number of hydrogen-bond acceptors (Lipinski definition) is 3. The molecule has 1 aliphatic rings. The van der Waals surface area contributed by atoms with E-state index in [2.05, 4.69) is 5.48 Å². The van der Waals surface area contributed by atoms with Crippen LogP contribution < -0.4 is 5.48 Å². The fraction of sp³-hybridized carbons (Fsp3) is 0.273. The lowest BCUT2D eigenvalue weighted by Gasteiger charge is -2.30. The van der Waals surface area contributed by atoms with E-state index < -0.39 is 0 Å². The summed E-state index contributed by atoms with van der Waals surface area (Å²) in [5, 5.41) is 0. The molecule has 0 aliphatic carbocycles. The topological polar surface area (TPSA) is 58.6 Å². The molecular formula is C22H24N2O3. The highest BCUT2D eigenvalue weighted by Gasteiger charge is 2.26. The molecule has 1 fully saturated rings. The van der Waals surface area contributed by atoms with Crippen LogP contribution in [0.5, 0.6) is 0 Å². The van der Waals surface area contributed by atoms with E-state index in [4.69, 9.17) is 4.84 Å². The Kier molecular flexibility index (Phi) is 6.77. The highest BCUT2D eigenvalue weighted by atomic mass is 16.6. The van der Waals surface area contributed by atoms with Crippen molar-refractivity contribution in [1.29, 1.82) is 0 Å². The van der Waals surface area contributed by atoms with Gasteiger partial charge in [0.05, 0.1) is 6.61 Å². The third-order valence-corrected chi connectivity index (χ3v) is 4.65. The Bertz CT molecular complexity index is 767. The number of carbonyl (C=O) groups is 2. The van der Waals surface area contributed by atoms with Crippen LogP contribution >= 0.6 is 0 Å². The maximum atomic E-state index is 12.3. The maximum absolute atomic E-state index is 12.3. The van der Waals surface area contributed by atoms with Crippen molar-refractivity contribution in [3.05, 3.63) is 77.9 Å². The van der Waals surface area contributed by atoms with Gasteiger partial charge in [0.2, 0.25) is 11.8 Å². The van der Waals surface area contributed by atoms with E-state index in [-0.39, 0.29) is 17.7 Å². The van der Waals surface area contributed by atoms with Crippen LogP contribution in [-0.4, -0.2) is 29.8 Å². The van der Waals surface area contributed by atoms with Crippen LogP contribution in [-0.2, 0) is 21.0 Å². The lowest BCUT2D eigenvalue weighted by Crippen LogP contribution is -2.42. The summed E-state index contributed by atoms with van der Waals surface area (Å²) >= 11 is 0. The predicted octanol–water partition coefficient (Wildman–Crippen LogP) is 3.19. The van der Waals surface area contributed by atoms with Crippen LogP contribution in [0.2, 0.25) is 0 Å². The molecule has 2 aromatic rings. The number of amides is 2. The number of rotatable bonds is 6. The average Bonchev–Trinajstić information content (AvgIpc) is 2.73. The minimum atomic E-state index is -0.122. The van der Waals surface area contributed by atoms with E-state index in [0.29, 0.717) is 32.5 Å². The first-order valence-electron chi connectivity index (χ1n) is 9.20. The van der Waals surface area contributed by atoms with Crippen LogP contribution in [0.15, 0.2) is 66.7 Å². The zero-order valence-corrected chi connectivity index (χ0v) is 15.2. The van der Waals surface area contributed by atoms with Crippen molar-refractivity contribution in [1.82, 2.24) is 10.4 Å². The van der Waals surface area contributed by atoms with Crippen LogP contribution in [0.1, 0.15) is 24.0 Å². The zero-order chi connectivity index (χ0) is 18.9. The summed E-state index contributed by atoms with van der Waals surface area (Å²) in [6.45, 7) is 1.50. The molecule has 0 bridgehead atoms. The van der Waals surface area contributed by atoms with Gasteiger partial charge in [-0.3, -0.25) is 14.4 Å². The van der Waals surface area contributed by atoms with Gasteiger partial charge in [-0.05, 0) is 30.0 Å². The molecule has 1 saturated heterocycles. The smallest absolute Gasteiger partial charge is 0.246 e. The largest absolute Gasteiger partial charge is 0.339 e. The first-order valence-corrected chi connectivity index (χ1v) is 9.20. The Morgan fingerprint density at radius 3 is 2.30 bits per heavy atom. The van der Waals surface area contributed by atoms with E-state index in [1.54, 1.807) is 11.0 Å². The van der Waals surface area contributed by atoms with Crippen molar-refractivity contribution in [3.63, 3.8) is 0 Å². The molecule has 3 rings (SSSR count). The third kappa shape index (κ3) is 5.79. The van der Waals surface area contributed by atoms with Gasteiger partial charge in [-0.2, -0.15) is 0 Å². The average molecular weight is 364 g/mol. The lowest BCUT2D eigenvalue weighted by molar-refractivity contribution is -0.142. The SMILES string of the molecule is O=C(NOCc1ccccc1)C1CCN(C(=O)C=Cc2ccccc2)CC1. The normalized spacial score (nSPS) is 15.0. The van der Waals surface area contributed by atoms with E-state index in [1.807, 2.05) is 66.7 Å². The molecular weight excluding hydrogens is 340 g/mol. The number of likely N-dealkylation sites (tertiary alicyclic amines) is 1. The summed E-state index contributed by atoms with van der Waals surface area (Å²) < 4.78 is 0. The van der Waals surface area contributed by atoms with Gasteiger partial charge < -0.3 is 4.90 Å². The van der Waals surface area contributed by atoms with Gasteiger partial charge in [-0.25, -0.2) is 5.48 Å². The summed E-state index contributed by atoms with van der Waals surface area (Å²) in [5.41, 5.74) is 4.53. The molecule has 0 atom stereocenters. The zero-order valence-electron chi connectivity index (χ0n) is 15.2. The van der Waals surface area contributed by atoms with Gasteiger partial charge in [0, 0.05) is 25.1 Å². The summed E-state index contributed by atoms with van der Waals surface area (Å²) in [5.74, 6) is -0.251. The lowest BCUT2D eigenvalue weighted by atomic mass is 9.96. The van der Waals surface area contributed by atoms with Crippen molar-refractivity contribution in [2.45, 2.75) is 19.4 Å². The summed E-state index contributed by atoms with van der Waals surface area (Å²) in [7, 11) is 0. The van der Waals surface area contributed by atoms with Crippen molar-refractivity contribution >= 4 is 17.9 Å². The molecule has 140 valence electrons. The molecule has 27 heavy (non-hydrogen) atoms. The highest BCUT2D eigenvalue weighted by Crippen LogP contribution is 2.18. The van der Waals surface area contributed by atoms with Gasteiger partial charge in [-0.1, -0.05) is 60.7 Å². The molecule has 2 amide bonds. The third-order valence-electron chi connectivity index (χ3n) is 4.65. The monoisotopic (exact) mass is 364 g/mol. The fourth-order valence-corrected chi connectivity index (χ4v) is 3.05. The second-order valence-electron chi connectivity index (χ2n) is 6.58. The molecule has 1 heterocycles. The van der Waals surface area contributed by atoms with Crippen LogP contribution in [0, 0.1) is 5.92 Å². The van der Waals surface area contributed by atoms with Crippen LogP contribution in [0.25, 0.3) is 6.08 Å². The van der Waals surface area contributed by atoms with Gasteiger partial charge in [0.1, 0.15) is 0 Å². The highest BCUT2D eigenvalue weighted by molar-refractivity contribution is 5.92. The Morgan fingerprint density at radius 2 is 1.63 bits per heavy atom. The van der Waals surface area contributed by atoms with E-state index in [9.17, 15) is 9.59 Å². The standard InChI is InChI=1S/C22H24N2O3/c25-21(12-11-18-7-3-1-4-8-18)24-15-13-20(14-16-24)22(26)23-27-17-19-9-5-2-6-10-19/h1-12,20H,13-17H2,(H,23,26). The predicted molar refractivity (Wildman–Crippen MR) is 104 cm³/mol. The molecule has 0 aromatic heterocycles. The number of carbonyl (C=O) groups excluding carboxylic acids is 2. The molecule has 5 heteroatoms. The molecule has 1 aliphatic heterocycles. The molecule has 5 nitrogen and oxygen atoms in total. The second kappa shape index (κ2) is 9.69. The Balaban J connectivity index is 1.39. The number of nitrogens with one attached hydrogen (secondary N) is 1. The Morgan fingerprint density at radius 1 is 1.00 bits per heavy atom. The molecule has 2 aromatic carbocycles. The summed E-state index contributed by atoms with van der Waals surface area (Å²) in [6, 6.07) is 19.4. The van der Waals surface area contributed by atoms with Gasteiger partial charge in [-0.15, -0.1) is 0 Å². The number of nitrogens with zero attached hydrogens (tertiary/aromatic N) is 1. The maximum Gasteiger partial charge on any atom is 0.246 e. The Labute approximate surface area is 159 Å². The van der Waals surface area contributed by atoms with Crippen molar-refractivity contribution in [2.75, 3.05) is 13.1 Å². The van der Waals surface area contributed by atoms with Crippen molar-refractivity contribution < 1.29 is 14.4 Å².